The normalized spacial score (nSPS) is 12.3. The molecule has 0 saturated carbocycles. The lowest BCUT2D eigenvalue weighted by molar-refractivity contribution is -0.0864. The first-order chi connectivity index (χ1) is 9.47. The molecule has 1 heterocycles. The Morgan fingerprint density at radius 2 is 1.52 bits per heavy atom. The van der Waals surface area contributed by atoms with E-state index in [0.717, 1.165) is 4.47 Å². The molecule has 0 bridgehead atoms. The summed E-state index contributed by atoms with van der Waals surface area (Å²) in [5.74, 6) is 0. The highest BCUT2D eigenvalue weighted by Gasteiger charge is 2.48. The second-order valence-corrected chi connectivity index (χ2v) is 7.18. The zero-order valence-corrected chi connectivity index (χ0v) is 14.5. The van der Waals surface area contributed by atoms with Gasteiger partial charge in [-0.1, -0.05) is 28.1 Å². The van der Waals surface area contributed by atoms with Gasteiger partial charge in [0.05, 0.1) is 0 Å². The fraction of sp³-hybridized carbons (Fsp3) is 0.0667. The summed E-state index contributed by atoms with van der Waals surface area (Å²) in [5.41, 5.74) is -3.64. The summed E-state index contributed by atoms with van der Waals surface area (Å²) in [6, 6.07) is 15.3. The Morgan fingerprint density at radius 3 is 2.14 bits per heavy atom. The van der Waals surface area contributed by atoms with Crippen molar-refractivity contribution in [3.63, 3.8) is 0 Å². The zero-order chi connectivity index (χ0) is 14.3. The van der Waals surface area contributed by atoms with Crippen molar-refractivity contribution in [2.45, 2.75) is 5.51 Å². The summed E-state index contributed by atoms with van der Waals surface area (Å²) in [6.07, 6.45) is 0. The molecular weight excluding hydrogens is 429 g/mol. The van der Waals surface area contributed by atoms with Gasteiger partial charge in [0.1, 0.15) is 10.5 Å². The number of hydrogen-bond acceptors (Lipinski definition) is 0. The molecule has 1 aromatic heterocycles. The van der Waals surface area contributed by atoms with E-state index in [1.807, 2.05) is 0 Å². The van der Waals surface area contributed by atoms with Gasteiger partial charge in [0.25, 0.3) is 0 Å². The van der Waals surface area contributed by atoms with Crippen molar-refractivity contribution < 1.29 is 30.2 Å². The third-order valence-electron chi connectivity index (χ3n) is 3.01. The third-order valence-corrected chi connectivity index (χ3v) is 5.60. The summed E-state index contributed by atoms with van der Waals surface area (Å²) in [6.45, 7) is 0. The molecule has 3 aromatic rings. The lowest BCUT2D eigenvalue weighted by Crippen LogP contribution is -3.00. The van der Waals surface area contributed by atoms with E-state index in [1.54, 1.807) is 54.6 Å². The highest BCUT2D eigenvalue weighted by Crippen LogP contribution is 2.54. The maximum Gasteiger partial charge on any atom is 0.601 e. The Morgan fingerprint density at radius 1 is 0.905 bits per heavy atom. The fourth-order valence-corrected chi connectivity index (χ4v) is 4.36. The van der Waals surface area contributed by atoms with Crippen LogP contribution in [0.2, 0.25) is 0 Å². The van der Waals surface area contributed by atoms with Crippen molar-refractivity contribution >= 4 is 36.5 Å². The van der Waals surface area contributed by atoms with Crippen LogP contribution in [0.3, 0.4) is 0 Å². The largest absolute Gasteiger partial charge is 1.00 e. The molecule has 0 aliphatic rings. The van der Waals surface area contributed by atoms with Crippen LogP contribution in [0.4, 0.5) is 13.2 Å². The lowest BCUT2D eigenvalue weighted by atomic mass is 10.1. The van der Waals surface area contributed by atoms with E-state index in [4.69, 9.17) is 0 Å². The van der Waals surface area contributed by atoms with Gasteiger partial charge in [0.2, 0.25) is 0 Å². The number of halogens is 5. The number of alkyl halides is 3. The Bertz CT molecular complexity index is 761. The van der Waals surface area contributed by atoms with Crippen molar-refractivity contribution in [2.75, 3.05) is 0 Å². The van der Waals surface area contributed by atoms with Crippen LogP contribution in [-0.4, -0.2) is 0 Å². The smallest absolute Gasteiger partial charge is 0.601 e. The highest BCUT2D eigenvalue weighted by atomic mass is 79.9. The first kappa shape index (κ1) is 16.5. The highest BCUT2D eigenvalue weighted by molar-refractivity contribution is 9.10. The van der Waals surface area contributed by atoms with E-state index in [0.29, 0.717) is 20.5 Å². The van der Waals surface area contributed by atoms with Crippen molar-refractivity contribution in [1.29, 1.82) is 0 Å². The Labute approximate surface area is 141 Å². The maximum absolute atomic E-state index is 13.4. The van der Waals surface area contributed by atoms with Gasteiger partial charge in [-0.25, -0.2) is 0 Å². The topological polar surface area (TPSA) is 0 Å². The van der Waals surface area contributed by atoms with Crippen LogP contribution in [0.25, 0.3) is 20.5 Å². The van der Waals surface area contributed by atoms with Crippen LogP contribution in [0.5, 0.6) is 0 Å². The first-order valence-electron chi connectivity index (χ1n) is 5.84. The third kappa shape index (κ3) is 3.17. The Balaban J connectivity index is 0.00000161. The minimum absolute atomic E-state index is 0. The van der Waals surface area contributed by atoms with Gasteiger partial charge >= 0.3 is 5.51 Å². The molecule has 110 valence electrons. The second-order valence-electron chi connectivity index (χ2n) is 4.31. The molecule has 0 fully saturated rings. The summed E-state index contributed by atoms with van der Waals surface area (Å²) in [5, 5.41) is 0.658. The van der Waals surface area contributed by atoms with Gasteiger partial charge in [-0.3, -0.25) is 0 Å². The van der Waals surface area contributed by atoms with E-state index in [2.05, 4.69) is 15.9 Å². The summed E-state index contributed by atoms with van der Waals surface area (Å²) in [4.78, 5) is 0.339. The van der Waals surface area contributed by atoms with Gasteiger partial charge in [0, 0.05) is 21.5 Å². The van der Waals surface area contributed by atoms with Crippen LogP contribution < -0.4 is 17.0 Å². The predicted octanol–water partition coefficient (Wildman–Crippen LogP) is 3.50. The zero-order valence-electron chi connectivity index (χ0n) is 10.5. The summed E-state index contributed by atoms with van der Waals surface area (Å²) >= 11 is 3.30. The molecule has 0 aliphatic carbocycles. The number of benzene rings is 2. The minimum Gasteiger partial charge on any atom is -1.00 e. The standard InChI is InChI=1S/C15H9BrF3S.BrH/c16-12-7-5-10(6-8-12)14-9-11-3-1-2-4-13(11)20(14)15(17,18)19;/h1-9H;1H/q+1;/p-1. The number of fused-ring (bicyclic) bond motifs is 1. The first-order valence-corrected chi connectivity index (χ1v) is 7.86. The monoisotopic (exact) mass is 436 g/mol. The average molecular weight is 438 g/mol. The predicted molar refractivity (Wildman–Crippen MR) is 80.9 cm³/mol. The molecule has 2 aromatic carbocycles. The lowest BCUT2D eigenvalue weighted by Gasteiger charge is -2.00. The van der Waals surface area contributed by atoms with E-state index in [-0.39, 0.29) is 17.0 Å². The summed E-state index contributed by atoms with van der Waals surface area (Å²) < 4.78 is 41.5. The van der Waals surface area contributed by atoms with E-state index in [9.17, 15) is 13.2 Å². The van der Waals surface area contributed by atoms with Crippen LogP contribution in [0.15, 0.2) is 59.1 Å². The summed E-state index contributed by atoms with van der Waals surface area (Å²) in [7, 11) is -1.87. The maximum atomic E-state index is 13.4. The Kier molecular flexibility index (Phi) is 4.80. The fourth-order valence-electron chi connectivity index (χ4n) is 2.17. The van der Waals surface area contributed by atoms with Crippen LogP contribution in [0.1, 0.15) is 0 Å². The molecule has 0 nitrogen and oxygen atoms in total. The average Bonchev–Trinajstić information content (AvgIpc) is 2.78. The van der Waals surface area contributed by atoms with Crippen molar-refractivity contribution in [3.05, 3.63) is 59.1 Å². The minimum atomic E-state index is -4.26. The van der Waals surface area contributed by atoms with Crippen molar-refractivity contribution in [3.8, 4) is 10.4 Å². The number of hydrogen-bond donors (Lipinski definition) is 0. The molecule has 0 amide bonds. The molecule has 0 spiro atoms. The number of rotatable bonds is 1. The van der Waals surface area contributed by atoms with Crippen molar-refractivity contribution in [1.82, 2.24) is 0 Å². The second kappa shape index (κ2) is 6.10. The van der Waals surface area contributed by atoms with Gasteiger partial charge in [-0.05, 0) is 36.4 Å². The molecule has 0 aliphatic heterocycles. The van der Waals surface area contributed by atoms with E-state index >= 15 is 0 Å². The van der Waals surface area contributed by atoms with Crippen molar-refractivity contribution in [2.24, 2.45) is 0 Å². The molecule has 1 unspecified atom stereocenters. The van der Waals surface area contributed by atoms with Gasteiger partial charge in [-0.15, -0.1) is 13.2 Å². The van der Waals surface area contributed by atoms with E-state index < -0.39 is 16.0 Å². The van der Waals surface area contributed by atoms with Crippen LogP contribution in [-0.2, 0) is 5.51 Å². The molecule has 0 radical (unpaired) electrons. The number of thiophene rings is 1. The van der Waals surface area contributed by atoms with Gasteiger partial charge in [-0.2, -0.15) is 0 Å². The molecule has 21 heavy (non-hydrogen) atoms. The molecule has 1 atom stereocenters. The molecule has 6 heteroatoms. The SMILES string of the molecule is FC(F)(F)[s+]1c(-c2ccc(Br)cc2)cc2ccccc21.[Br-]. The molecular formula is C15H9Br2F3S. The van der Waals surface area contributed by atoms with Crippen LogP contribution in [0, 0.1) is 0 Å². The van der Waals surface area contributed by atoms with E-state index in [1.165, 1.54) is 0 Å². The van der Waals surface area contributed by atoms with Gasteiger partial charge in [0.15, 0.2) is 9.58 Å². The molecule has 0 saturated heterocycles. The molecule has 3 rings (SSSR count). The van der Waals surface area contributed by atoms with Gasteiger partial charge < -0.3 is 17.0 Å². The quantitative estimate of drug-likeness (QED) is 0.511. The Hall–Kier alpha value is -0.850. The molecule has 0 N–H and O–H groups in total. The van der Waals surface area contributed by atoms with Crippen LogP contribution >= 0.6 is 26.4 Å².